The van der Waals surface area contributed by atoms with Crippen LogP contribution in [0.1, 0.15) is 12.7 Å². The zero-order valence-electron chi connectivity index (χ0n) is 10.8. The summed E-state index contributed by atoms with van der Waals surface area (Å²) in [6.07, 6.45) is 0. The van der Waals surface area contributed by atoms with Gasteiger partial charge in [-0.1, -0.05) is 16.9 Å². The number of hydrogen-bond donors (Lipinski definition) is 3. The lowest BCUT2D eigenvalue weighted by Gasteiger charge is -2.09. The van der Waals surface area contributed by atoms with Gasteiger partial charge in [0.2, 0.25) is 17.8 Å². The average Bonchev–Trinajstić information content (AvgIpc) is 2.73. The minimum Gasteiger partial charge on any atom is -0.368 e. The highest BCUT2D eigenvalue weighted by molar-refractivity contribution is 8.00. The number of rotatable bonds is 4. The molecule has 0 spiro atoms. The highest BCUT2D eigenvalue weighted by Crippen LogP contribution is 2.21. The summed E-state index contributed by atoms with van der Waals surface area (Å²) in [5.74, 6) is 0.730. The van der Waals surface area contributed by atoms with E-state index in [0.717, 1.165) is 11.8 Å². The second kappa shape index (κ2) is 5.74. The molecule has 9 nitrogen and oxygen atoms in total. The largest absolute Gasteiger partial charge is 0.368 e. The molecule has 20 heavy (non-hydrogen) atoms. The minimum atomic E-state index is -0.465. The summed E-state index contributed by atoms with van der Waals surface area (Å²) in [6.45, 7) is 3.43. The van der Waals surface area contributed by atoms with E-state index >= 15 is 0 Å². The number of hydrogen-bond acceptors (Lipinski definition) is 9. The van der Waals surface area contributed by atoms with Crippen LogP contribution in [0.25, 0.3) is 0 Å². The Morgan fingerprint density at radius 3 is 2.55 bits per heavy atom. The van der Waals surface area contributed by atoms with E-state index in [9.17, 15) is 4.79 Å². The summed E-state index contributed by atoms with van der Waals surface area (Å²) in [5, 5.41) is 6.11. The maximum absolute atomic E-state index is 11.9. The first-order valence-corrected chi connectivity index (χ1v) is 6.50. The maximum Gasteiger partial charge on any atom is 0.238 e. The van der Waals surface area contributed by atoms with Crippen LogP contribution in [0.2, 0.25) is 0 Å². The third kappa shape index (κ3) is 3.57. The predicted octanol–water partition coefficient (Wildman–Crippen LogP) is 0.452. The summed E-state index contributed by atoms with van der Waals surface area (Å²) in [7, 11) is 0. The Balaban J connectivity index is 2.00. The zero-order valence-corrected chi connectivity index (χ0v) is 11.6. The molecule has 1 amide bonds. The molecule has 0 saturated carbocycles. The number of anilines is 3. The smallest absolute Gasteiger partial charge is 0.238 e. The van der Waals surface area contributed by atoms with Crippen LogP contribution in [0.3, 0.4) is 0 Å². The Kier molecular flexibility index (Phi) is 4.03. The molecule has 0 radical (unpaired) electrons. The van der Waals surface area contributed by atoms with Crippen LogP contribution in [0.5, 0.6) is 0 Å². The standard InChI is InChI=1S/C10H13N7O2S/c1-4-3-6(17-19-4)13-7(18)5(2)20-10-15-8(11)14-9(12)16-10/h3,5H,1-2H3,(H,13,17,18)(H4,11,12,14,15,16)/t5-/m0/s1. The van der Waals surface area contributed by atoms with Crippen molar-refractivity contribution in [2.24, 2.45) is 0 Å². The van der Waals surface area contributed by atoms with Gasteiger partial charge in [0.25, 0.3) is 0 Å². The molecular formula is C10H13N7O2S. The second-order valence-electron chi connectivity index (χ2n) is 3.91. The van der Waals surface area contributed by atoms with Gasteiger partial charge in [0.05, 0.1) is 5.25 Å². The summed E-state index contributed by atoms with van der Waals surface area (Å²) in [6, 6.07) is 1.62. The molecule has 0 aromatic carbocycles. The van der Waals surface area contributed by atoms with Crippen molar-refractivity contribution in [2.45, 2.75) is 24.3 Å². The average molecular weight is 295 g/mol. The lowest BCUT2D eigenvalue weighted by atomic mass is 10.4. The van der Waals surface area contributed by atoms with Crippen LogP contribution in [-0.4, -0.2) is 31.3 Å². The van der Waals surface area contributed by atoms with E-state index in [1.807, 2.05) is 0 Å². The Hall–Kier alpha value is -2.36. The van der Waals surface area contributed by atoms with Crippen LogP contribution >= 0.6 is 11.8 Å². The van der Waals surface area contributed by atoms with Gasteiger partial charge < -0.3 is 21.3 Å². The quantitative estimate of drug-likeness (QED) is 0.684. The fourth-order valence-electron chi connectivity index (χ4n) is 1.31. The van der Waals surface area contributed by atoms with Gasteiger partial charge in [-0.3, -0.25) is 4.79 Å². The van der Waals surface area contributed by atoms with Gasteiger partial charge in [-0.25, -0.2) is 0 Å². The fourth-order valence-corrected chi connectivity index (χ4v) is 2.08. The minimum absolute atomic E-state index is 0.0136. The highest BCUT2D eigenvalue weighted by atomic mass is 32.2. The lowest BCUT2D eigenvalue weighted by molar-refractivity contribution is -0.115. The number of aromatic nitrogens is 4. The molecule has 0 aliphatic heterocycles. The lowest BCUT2D eigenvalue weighted by Crippen LogP contribution is -2.23. The van der Waals surface area contributed by atoms with E-state index in [1.165, 1.54) is 0 Å². The SMILES string of the molecule is Cc1cc(NC(=O)[C@H](C)Sc2nc(N)nc(N)n2)no1. The van der Waals surface area contributed by atoms with Crippen LogP contribution in [-0.2, 0) is 4.79 Å². The molecule has 0 fully saturated rings. The molecular weight excluding hydrogens is 282 g/mol. The van der Waals surface area contributed by atoms with Gasteiger partial charge in [0, 0.05) is 6.07 Å². The summed E-state index contributed by atoms with van der Waals surface area (Å²) in [5.41, 5.74) is 10.9. The van der Waals surface area contributed by atoms with E-state index < -0.39 is 5.25 Å². The van der Waals surface area contributed by atoms with Gasteiger partial charge in [-0.15, -0.1) is 0 Å². The molecule has 106 valence electrons. The van der Waals surface area contributed by atoms with Crippen molar-refractivity contribution in [1.82, 2.24) is 20.1 Å². The first-order valence-electron chi connectivity index (χ1n) is 5.62. The summed E-state index contributed by atoms with van der Waals surface area (Å²) in [4.78, 5) is 23.4. The van der Waals surface area contributed by atoms with Crippen LogP contribution in [0.15, 0.2) is 15.7 Å². The van der Waals surface area contributed by atoms with Crippen molar-refractivity contribution in [2.75, 3.05) is 16.8 Å². The Bertz CT molecular complexity index is 610. The van der Waals surface area contributed by atoms with Crippen LogP contribution in [0.4, 0.5) is 17.7 Å². The van der Waals surface area contributed by atoms with Gasteiger partial charge in [0.15, 0.2) is 11.0 Å². The molecule has 1 atom stereocenters. The van der Waals surface area contributed by atoms with E-state index in [4.69, 9.17) is 16.0 Å². The number of nitrogen functional groups attached to an aromatic ring is 2. The van der Waals surface area contributed by atoms with Crippen molar-refractivity contribution in [3.63, 3.8) is 0 Å². The third-order valence-corrected chi connectivity index (χ3v) is 3.14. The van der Waals surface area contributed by atoms with E-state index in [1.54, 1.807) is 19.9 Å². The number of nitrogens with zero attached hydrogens (tertiary/aromatic N) is 4. The number of aryl methyl sites for hydroxylation is 1. The zero-order chi connectivity index (χ0) is 14.7. The van der Waals surface area contributed by atoms with Gasteiger partial charge in [-0.2, -0.15) is 15.0 Å². The first-order chi connectivity index (χ1) is 9.44. The second-order valence-corrected chi connectivity index (χ2v) is 5.21. The molecule has 0 aliphatic rings. The molecule has 2 rings (SSSR count). The first kappa shape index (κ1) is 14.1. The molecule has 2 aromatic heterocycles. The van der Waals surface area contributed by atoms with Gasteiger partial charge in [0.1, 0.15) is 5.76 Å². The number of thioether (sulfide) groups is 1. The molecule has 0 unspecified atom stereocenters. The molecule has 10 heteroatoms. The van der Waals surface area contributed by atoms with Crippen molar-refractivity contribution in [3.8, 4) is 0 Å². The molecule has 0 saturated heterocycles. The normalized spacial score (nSPS) is 12.1. The van der Waals surface area contributed by atoms with Crippen molar-refractivity contribution < 1.29 is 9.32 Å². The molecule has 5 N–H and O–H groups in total. The van der Waals surface area contributed by atoms with E-state index in [0.29, 0.717) is 11.6 Å². The van der Waals surface area contributed by atoms with E-state index in [2.05, 4.69) is 25.4 Å². The number of carbonyl (C=O) groups excluding carboxylic acids is 1. The number of nitrogens with one attached hydrogen (secondary N) is 1. The number of carbonyl (C=O) groups is 1. The van der Waals surface area contributed by atoms with Crippen molar-refractivity contribution >= 4 is 35.4 Å². The monoisotopic (exact) mass is 295 g/mol. The van der Waals surface area contributed by atoms with Gasteiger partial charge in [-0.05, 0) is 13.8 Å². The summed E-state index contributed by atoms with van der Waals surface area (Å²) >= 11 is 1.11. The van der Waals surface area contributed by atoms with Gasteiger partial charge >= 0.3 is 0 Å². The Labute approximate surface area is 118 Å². The number of amides is 1. The number of nitrogens with two attached hydrogens (primary N) is 2. The fraction of sp³-hybridized carbons (Fsp3) is 0.300. The Morgan fingerprint density at radius 1 is 1.35 bits per heavy atom. The van der Waals surface area contributed by atoms with E-state index in [-0.39, 0.29) is 23.0 Å². The molecule has 0 aliphatic carbocycles. The summed E-state index contributed by atoms with van der Waals surface area (Å²) < 4.78 is 4.86. The molecule has 0 bridgehead atoms. The van der Waals surface area contributed by atoms with Crippen molar-refractivity contribution in [1.29, 1.82) is 0 Å². The maximum atomic E-state index is 11.9. The highest BCUT2D eigenvalue weighted by Gasteiger charge is 2.18. The topological polar surface area (TPSA) is 146 Å². The molecule has 2 heterocycles. The van der Waals surface area contributed by atoms with Crippen molar-refractivity contribution in [3.05, 3.63) is 11.8 Å². The third-order valence-electron chi connectivity index (χ3n) is 2.18. The van der Waals surface area contributed by atoms with Crippen LogP contribution in [0, 0.1) is 6.92 Å². The van der Waals surface area contributed by atoms with Crippen LogP contribution < -0.4 is 16.8 Å². The predicted molar refractivity (Wildman–Crippen MR) is 73.8 cm³/mol. The molecule has 2 aromatic rings. The Morgan fingerprint density at radius 2 is 2.00 bits per heavy atom.